The van der Waals surface area contributed by atoms with E-state index in [0.717, 1.165) is 35.8 Å². The van der Waals surface area contributed by atoms with Crippen LogP contribution in [0.25, 0.3) is 10.8 Å². The summed E-state index contributed by atoms with van der Waals surface area (Å²) in [5, 5.41) is 5.00. The van der Waals surface area contributed by atoms with Crippen LogP contribution in [0.15, 0.2) is 70.5 Å². The summed E-state index contributed by atoms with van der Waals surface area (Å²) in [6, 6.07) is 18.3. The number of hydrogen-bond donors (Lipinski definition) is 1. The van der Waals surface area contributed by atoms with E-state index in [2.05, 4.69) is 5.32 Å². The highest BCUT2D eigenvalue weighted by Crippen LogP contribution is 2.43. The highest BCUT2D eigenvalue weighted by molar-refractivity contribution is 7.91. The van der Waals surface area contributed by atoms with E-state index in [1.54, 1.807) is 24.3 Å². The minimum Gasteiger partial charge on any atom is -0.488 e. The fourth-order valence-electron chi connectivity index (χ4n) is 4.12. The average Bonchev–Trinajstić information content (AvgIpc) is 3.05. The Morgan fingerprint density at radius 2 is 1.85 bits per heavy atom. The highest BCUT2D eigenvalue weighted by Gasteiger charge is 2.37. The van der Waals surface area contributed by atoms with Crippen molar-refractivity contribution < 1.29 is 13.2 Å². The lowest BCUT2D eigenvalue weighted by Crippen LogP contribution is -2.39. The van der Waals surface area contributed by atoms with E-state index in [1.165, 1.54) is 0 Å². The smallest absolute Gasteiger partial charge is 0.207 e. The van der Waals surface area contributed by atoms with E-state index >= 15 is 0 Å². The second-order valence-electron chi connectivity index (χ2n) is 6.94. The molecule has 1 fully saturated rings. The summed E-state index contributed by atoms with van der Waals surface area (Å²) in [7, 11) is -3.62. The number of piperidine rings is 1. The standard InChI is InChI=1S/C21H19NO3S/c23-26(24,21-7-3-5-14-4-1-2-6-16(14)21)15-8-9-17-18-10-11-22-13-20(18)25-19(17)12-15/h1-9,12,18,20,22H,10-11,13H2. The molecule has 0 radical (unpaired) electrons. The summed E-state index contributed by atoms with van der Waals surface area (Å²) in [4.78, 5) is 0.631. The maximum Gasteiger partial charge on any atom is 0.207 e. The molecule has 0 spiro atoms. The van der Waals surface area contributed by atoms with Gasteiger partial charge >= 0.3 is 0 Å². The van der Waals surface area contributed by atoms with Crippen molar-refractivity contribution >= 4 is 20.6 Å². The third-order valence-corrected chi connectivity index (χ3v) is 7.25. The number of nitrogens with one attached hydrogen (secondary N) is 1. The third kappa shape index (κ3) is 2.35. The summed E-state index contributed by atoms with van der Waals surface area (Å²) in [6.45, 7) is 1.78. The predicted molar refractivity (Wildman–Crippen MR) is 100 cm³/mol. The minimum absolute atomic E-state index is 0.106. The molecule has 2 atom stereocenters. The highest BCUT2D eigenvalue weighted by atomic mass is 32.2. The molecule has 2 aliphatic rings. The van der Waals surface area contributed by atoms with Crippen LogP contribution < -0.4 is 10.1 Å². The Kier molecular flexibility index (Phi) is 3.55. The molecule has 5 heteroatoms. The van der Waals surface area contributed by atoms with Crippen molar-refractivity contribution in [2.45, 2.75) is 28.2 Å². The first-order valence-corrected chi connectivity index (χ1v) is 10.4. The molecule has 0 bridgehead atoms. The van der Waals surface area contributed by atoms with E-state index in [-0.39, 0.29) is 6.10 Å². The molecular formula is C21H19NO3S. The van der Waals surface area contributed by atoms with Gasteiger partial charge in [0.1, 0.15) is 11.9 Å². The maximum atomic E-state index is 13.3. The number of rotatable bonds is 2. The molecule has 2 heterocycles. The van der Waals surface area contributed by atoms with Gasteiger partial charge in [0.15, 0.2) is 0 Å². The molecule has 0 aliphatic carbocycles. The number of benzene rings is 3. The average molecular weight is 365 g/mol. The van der Waals surface area contributed by atoms with Gasteiger partial charge in [0.2, 0.25) is 9.84 Å². The topological polar surface area (TPSA) is 55.4 Å². The van der Waals surface area contributed by atoms with Crippen LogP contribution in [-0.2, 0) is 9.84 Å². The SMILES string of the molecule is O=S(=O)(c1ccc2c(c1)OC1CNCCC21)c1cccc2ccccc12. The predicted octanol–water partition coefficient (Wildman–Crippen LogP) is 3.51. The van der Waals surface area contributed by atoms with E-state index in [0.29, 0.717) is 21.5 Å². The van der Waals surface area contributed by atoms with Gasteiger partial charge in [-0.15, -0.1) is 0 Å². The fraction of sp³-hybridized carbons (Fsp3) is 0.238. The number of sulfone groups is 1. The summed E-state index contributed by atoms with van der Waals surface area (Å²) in [5.41, 5.74) is 1.13. The molecule has 1 saturated heterocycles. The molecule has 3 aromatic carbocycles. The summed E-state index contributed by atoms with van der Waals surface area (Å²) in [6.07, 6.45) is 1.13. The van der Waals surface area contributed by atoms with Crippen molar-refractivity contribution in [2.75, 3.05) is 13.1 Å². The van der Waals surface area contributed by atoms with Gasteiger partial charge in [-0.25, -0.2) is 8.42 Å². The zero-order valence-corrected chi connectivity index (χ0v) is 15.0. The van der Waals surface area contributed by atoms with Crippen LogP contribution in [0, 0.1) is 0 Å². The zero-order chi connectivity index (χ0) is 17.7. The molecule has 4 nitrogen and oxygen atoms in total. The second-order valence-corrected chi connectivity index (χ2v) is 8.85. The van der Waals surface area contributed by atoms with E-state index in [4.69, 9.17) is 4.74 Å². The van der Waals surface area contributed by atoms with Gasteiger partial charge in [0.05, 0.1) is 9.79 Å². The lowest BCUT2D eigenvalue weighted by atomic mass is 9.90. The molecule has 3 aromatic rings. The van der Waals surface area contributed by atoms with Gasteiger partial charge < -0.3 is 10.1 Å². The Bertz CT molecular complexity index is 1100. The molecule has 2 aliphatic heterocycles. The van der Waals surface area contributed by atoms with Gasteiger partial charge in [-0.3, -0.25) is 0 Å². The summed E-state index contributed by atoms with van der Waals surface area (Å²) < 4.78 is 32.6. The Morgan fingerprint density at radius 3 is 2.77 bits per heavy atom. The van der Waals surface area contributed by atoms with Crippen LogP contribution in [0.4, 0.5) is 0 Å². The minimum atomic E-state index is -3.62. The van der Waals surface area contributed by atoms with Crippen molar-refractivity contribution in [1.29, 1.82) is 0 Å². The lowest BCUT2D eigenvalue weighted by molar-refractivity contribution is 0.176. The van der Waals surface area contributed by atoms with Crippen molar-refractivity contribution in [3.05, 3.63) is 66.2 Å². The van der Waals surface area contributed by atoms with Gasteiger partial charge in [-0.05, 0) is 36.6 Å². The van der Waals surface area contributed by atoms with E-state index < -0.39 is 9.84 Å². The Balaban J connectivity index is 1.62. The number of hydrogen-bond acceptors (Lipinski definition) is 4. The Hall–Kier alpha value is -2.37. The molecule has 0 amide bonds. The first-order valence-electron chi connectivity index (χ1n) is 8.89. The molecule has 2 unspecified atom stereocenters. The maximum absolute atomic E-state index is 13.3. The van der Waals surface area contributed by atoms with Crippen LogP contribution in [0.2, 0.25) is 0 Å². The Labute approximate surface area is 152 Å². The van der Waals surface area contributed by atoms with E-state index in [1.807, 2.05) is 36.4 Å². The van der Waals surface area contributed by atoms with Crippen LogP contribution in [0.3, 0.4) is 0 Å². The monoisotopic (exact) mass is 365 g/mol. The first-order chi connectivity index (χ1) is 12.6. The first kappa shape index (κ1) is 15.9. The van der Waals surface area contributed by atoms with Gasteiger partial charge in [-0.1, -0.05) is 42.5 Å². The van der Waals surface area contributed by atoms with Crippen LogP contribution >= 0.6 is 0 Å². The largest absolute Gasteiger partial charge is 0.488 e. The molecule has 1 N–H and O–H groups in total. The van der Waals surface area contributed by atoms with Crippen molar-refractivity contribution in [3.63, 3.8) is 0 Å². The Morgan fingerprint density at radius 1 is 1.00 bits per heavy atom. The van der Waals surface area contributed by atoms with Gasteiger partial charge in [-0.2, -0.15) is 0 Å². The normalized spacial score (nSPS) is 21.8. The van der Waals surface area contributed by atoms with Gasteiger partial charge in [0.25, 0.3) is 0 Å². The summed E-state index contributed by atoms with van der Waals surface area (Å²) >= 11 is 0. The van der Waals surface area contributed by atoms with E-state index in [9.17, 15) is 8.42 Å². The second kappa shape index (κ2) is 5.83. The molecular weight excluding hydrogens is 346 g/mol. The van der Waals surface area contributed by atoms with Crippen LogP contribution in [0.1, 0.15) is 17.9 Å². The van der Waals surface area contributed by atoms with Crippen molar-refractivity contribution in [3.8, 4) is 5.75 Å². The fourth-order valence-corrected chi connectivity index (χ4v) is 5.62. The van der Waals surface area contributed by atoms with Crippen LogP contribution in [0.5, 0.6) is 5.75 Å². The van der Waals surface area contributed by atoms with Gasteiger partial charge in [0, 0.05) is 23.4 Å². The number of ether oxygens (including phenoxy) is 1. The lowest BCUT2D eigenvalue weighted by Gasteiger charge is -2.24. The van der Waals surface area contributed by atoms with Crippen molar-refractivity contribution in [1.82, 2.24) is 5.32 Å². The quantitative estimate of drug-likeness (QED) is 0.755. The van der Waals surface area contributed by atoms with Crippen LogP contribution in [-0.4, -0.2) is 27.6 Å². The molecule has 26 heavy (non-hydrogen) atoms. The summed E-state index contributed by atoms with van der Waals surface area (Å²) in [5.74, 6) is 1.07. The third-order valence-electron chi connectivity index (χ3n) is 5.44. The molecule has 0 aromatic heterocycles. The van der Waals surface area contributed by atoms with Crippen molar-refractivity contribution in [2.24, 2.45) is 0 Å². The molecule has 0 saturated carbocycles. The number of fused-ring (bicyclic) bond motifs is 4. The molecule has 5 rings (SSSR count). The molecule has 132 valence electrons. The zero-order valence-electron chi connectivity index (χ0n) is 14.2.